The van der Waals surface area contributed by atoms with Gasteiger partial charge in [-0.3, -0.25) is 9.59 Å². The molecule has 216 valence electrons. The number of benzene rings is 2. The van der Waals surface area contributed by atoms with Crippen LogP contribution in [0.25, 0.3) is 10.9 Å². The van der Waals surface area contributed by atoms with Gasteiger partial charge in [0.15, 0.2) is 0 Å². The number of anilines is 3. The number of thioether (sulfide) groups is 1. The first kappa shape index (κ1) is 31.8. The van der Waals surface area contributed by atoms with E-state index in [0.717, 1.165) is 17.2 Å². The molecule has 3 rings (SSSR count). The largest absolute Gasteiger partial charge is 0.341 e. The number of fused-ring (bicyclic) bond motifs is 1. The second-order valence-electron chi connectivity index (χ2n) is 9.44. The molecule has 0 saturated heterocycles. The Morgan fingerprint density at radius 1 is 1.05 bits per heavy atom. The van der Waals surface area contributed by atoms with Gasteiger partial charge in [0.25, 0.3) is 11.5 Å². The topological polar surface area (TPSA) is 102 Å². The first-order chi connectivity index (χ1) is 18.9. The third-order valence-electron chi connectivity index (χ3n) is 5.67. The molecule has 0 aliphatic carbocycles. The number of amides is 2. The standard InChI is InChI=1S/C26H31Cl2F2N7O2S/c1-36(2)8-7-19(34-26(39)23(28)30)25(38)35-21-12-16-20(13-22(21)40-10-9-37(3)4)31-14-32-24(16)33-15-5-6-18(29)17(27)11-15/h5-6,11-14,19,23H,7-10H2,1-4H3,(H,34,39)(H,35,38)(H,31,32,33)/t19-,23?/m0/s1. The van der Waals surface area contributed by atoms with Crippen molar-refractivity contribution in [3.8, 4) is 0 Å². The molecule has 3 aromatic rings. The van der Waals surface area contributed by atoms with E-state index in [1.54, 1.807) is 6.07 Å². The van der Waals surface area contributed by atoms with Gasteiger partial charge < -0.3 is 25.8 Å². The van der Waals surface area contributed by atoms with Crippen LogP contribution in [0.15, 0.2) is 41.6 Å². The zero-order valence-electron chi connectivity index (χ0n) is 22.5. The lowest BCUT2D eigenvalue weighted by molar-refractivity contribution is -0.128. The molecule has 1 unspecified atom stereocenters. The molecule has 0 aliphatic heterocycles. The number of hydrogen-bond acceptors (Lipinski definition) is 8. The fourth-order valence-corrected chi connectivity index (χ4v) is 4.94. The predicted molar refractivity (Wildman–Crippen MR) is 158 cm³/mol. The summed E-state index contributed by atoms with van der Waals surface area (Å²) in [5.74, 6) is -1.03. The van der Waals surface area contributed by atoms with Crippen molar-refractivity contribution in [2.75, 3.05) is 57.7 Å². The fourth-order valence-electron chi connectivity index (χ4n) is 3.56. The summed E-state index contributed by atoms with van der Waals surface area (Å²) in [7, 11) is 7.57. The molecule has 1 heterocycles. The molecule has 3 N–H and O–H groups in total. The SMILES string of the molecule is CN(C)CCSc1cc2ncnc(Nc3ccc(F)c(Cl)c3)c2cc1NC(=O)[C@H](CCN(C)C)NC(=O)C(F)Cl. The second kappa shape index (κ2) is 14.7. The van der Waals surface area contributed by atoms with E-state index in [2.05, 4.69) is 25.9 Å². The van der Waals surface area contributed by atoms with E-state index in [4.69, 9.17) is 23.2 Å². The molecule has 0 radical (unpaired) electrons. The third kappa shape index (κ3) is 9.13. The molecule has 9 nitrogen and oxygen atoms in total. The van der Waals surface area contributed by atoms with E-state index in [0.29, 0.717) is 34.6 Å². The highest BCUT2D eigenvalue weighted by molar-refractivity contribution is 7.99. The minimum absolute atomic E-state index is 0.0471. The molecule has 0 spiro atoms. The van der Waals surface area contributed by atoms with Gasteiger partial charge in [-0.25, -0.2) is 18.7 Å². The normalized spacial score (nSPS) is 12.9. The fraction of sp³-hybridized carbons (Fsp3) is 0.385. The van der Waals surface area contributed by atoms with E-state index in [9.17, 15) is 18.4 Å². The van der Waals surface area contributed by atoms with Gasteiger partial charge >= 0.3 is 0 Å². The van der Waals surface area contributed by atoms with Crippen LogP contribution in [0.4, 0.5) is 26.0 Å². The molecule has 2 amide bonds. The van der Waals surface area contributed by atoms with E-state index in [1.165, 1.54) is 36.3 Å². The maximum Gasteiger partial charge on any atom is 0.270 e. The first-order valence-corrected chi connectivity index (χ1v) is 14.1. The molecule has 0 saturated carbocycles. The smallest absolute Gasteiger partial charge is 0.270 e. The number of halogens is 4. The Balaban J connectivity index is 1.99. The van der Waals surface area contributed by atoms with Crippen molar-refractivity contribution < 1.29 is 18.4 Å². The maximum absolute atomic E-state index is 13.7. The Bertz CT molecular complexity index is 1350. The van der Waals surface area contributed by atoms with Crippen LogP contribution in [0.3, 0.4) is 0 Å². The van der Waals surface area contributed by atoms with Gasteiger partial charge in [0.05, 0.1) is 16.2 Å². The highest BCUT2D eigenvalue weighted by atomic mass is 35.5. The van der Waals surface area contributed by atoms with Crippen molar-refractivity contribution in [3.63, 3.8) is 0 Å². The van der Waals surface area contributed by atoms with Crippen molar-refractivity contribution in [2.45, 2.75) is 23.0 Å². The van der Waals surface area contributed by atoms with Crippen LogP contribution < -0.4 is 16.0 Å². The monoisotopic (exact) mass is 613 g/mol. The van der Waals surface area contributed by atoms with Gasteiger partial charge in [0.2, 0.25) is 5.91 Å². The molecule has 0 fully saturated rings. The van der Waals surface area contributed by atoms with Crippen LogP contribution in [-0.2, 0) is 9.59 Å². The van der Waals surface area contributed by atoms with Gasteiger partial charge in [-0.05, 0) is 71.5 Å². The number of carbonyl (C=O) groups excluding carboxylic acids is 2. The van der Waals surface area contributed by atoms with Crippen LogP contribution in [0.1, 0.15) is 6.42 Å². The summed E-state index contributed by atoms with van der Waals surface area (Å²) in [6, 6.07) is 6.72. The molecule has 14 heteroatoms. The van der Waals surface area contributed by atoms with E-state index in [-0.39, 0.29) is 11.4 Å². The first-order valence-electron chi connectivity index (χ1n) is 12.3. The Labute approximate surface area is 246 Å². The predicted octanol–water partition coefficient (Wildman–Crippen LogP) is 4.73. The number of carbonyl (C=O) groups is 2. The van der Waals surface area contributed by atoms with E-state index in [1.807, 2.05) is 44.1 Å². The lowest BCUT2D eigenvalue weighted by atomic mass is 10.1. The number of hydrogen-bond donors (Lipinski definition) is 3. The second-order valence-corrected chi connectivity index (χ2v) is 11.4. The van der Waals surface area contributed by atoms with E-state index >= 15 is 0 Å². The van der Waals surface area contributed by atoms with Crippen molar-refractivity contribution in [3.05, 3.63) is 47.5 Å². The summed E-state index contributed by atoms with van der Waals surface area (Å²) < 4.78 is 27.1. The number of rotatable bonds is 13. The summed E-state index contributed by atoms with van der Waals surface area (Å²) >= 11 is 12.8. The number of alkyl halides is 2. The zero-order chi connectivity index (χ0) is 29.4. The quantitative estimate of drug-likeness (QED) is 0.188. The Kier molecular flexibility index (Phi) is 11.7. The zero-order valence-corrected chi connectivity index (χ0v) is 24.8. The lowest BCUT2D eigenvalue weighted by Gasteiger charge is -2.22. The number of nitrogens with one attached hydrogen (secondary N) is 3. The number of nitrogens with zero attached hydrogens (tertiary/aromatic N) is 4. The highest BCUT2D eigenvalue weighted by Crippen LogP contribution is 2.35. The Morgan fingerprint density at radius 2 is 1.77 bits per heavy atom. The van der Waals surface area contributed by atoms with Crippen molar-refractivity contribution in [1.82, 2.24) is 25.1 Å². The van der Waals surface area contributed by atoms with E-state index < -0.39 is 29.3 Å². The van der Waals surface area contributed by atoms with Crippen molar-refractivity contribution >= 4 is 74.9 Å². The maximum atomic E-state index is 13.7. The van der Waals surface area contributed by atoms with Gasteiger partial charge in [0, 0.05) is 28.3 Å². The summed E-state index contributed by atoms with van der Waals surface area (Å²) in [6.07, 6.45) is 1.63. The number of aromatic nitrogens is 2. The average molecular weight is 615 g/mol. The summed E-state index contributed by atoms with van der Waals surface area (Å²) in [5.41, 5.74) is -0.702. The summed E-state index contributed by atoms with van der Waals surface area (Å²) in [5, 5.41) is 8.92. The third-order valence-corrected chi connectivity index (χ3v) is 7.19. The van der Waals surface area contributed by atoms with Crippen LogP contribution in [0.5, 0.6) is 0 Å². The molecular formula is C26H31Cl2F2N7O2S. The van der Waals surface area contributed by atoms with Crippen molar-refractivity contribution in [2.24, 2.45) is 0 Å². The molecule has 2 atom stereocenters. The molecule has 2 aromatic carbocycles. The van der Waals surface area contributed by atoms with Crippen LogP contribution in [0.2, 0.25) is 5.02 Å². The van der Waals surface area contributed by atoms with Crippen molar-refractivity contribution in [1.29, 1.82) is 0 Å². The Hall–Kier alpha value is -2.77. The molecular weight excluding hydrogens is 583 g/mol. The average Bonchev–Trinajstić information content (AvgIpc) is 2.88. The molecule has 0 aliphatic rings. The summed E-state index contributed by atoms with van der Waals surface area (Å²) in [4.78, 5) is 38.7. The molecule has 0 bridgehead atoms. The van der Waals surface area contributed by atoms with Crippen LogP contribution >= 0.6 is 35.0 Å². The van der Waals surface area contributed by atoms with Gasteiger partial charge in [-0.1, -0.05) is 23.2 Å². The van der Waals surface area contributed by atoms with Gasteiger partial charge in [-0.15, -0.1) is 11.8 Å². The molecule has 40 heavy (non-hydrogen) atoms. The van der Waals surface area contributed by atoms with Crippen LogP contribution in [0, 0.1) is 5.82 Å². The minimum atomic E-state index is -2.28. The highest BCUT2D eigenvalue weighted by Gasteiger charge is 2.25. The lowest BCUT2D eigenvalue weighted by Crippen LogP contribution is -2.47. The Morgan fingerprint density at radius 3 is 2.42 bits per heavy atom. The van der Waals surface area contributed by atoms with Gasteiger partial charge in [-0.2, -0.15) is 0 Å². The summed E-state index contributed by atoms with van der Waals surface area (Å²) in [6.45, 7) is 1.25. The minimum Gasteiger partial charge on any atom is -0.341 e. The van der Waals surface area contributed by atoms with Crippen LogP contribution in [-0.4, -0.2) is 90.3 Å². The van der Waals surface area contributed by atoms with Gasteiger partial charge in [0.1, 0.15) is 24.0 Å². The molecule has 1 aromatic heterocycles.